The van der Waals surface area contributed by atoms with E-state index in [9.17, 15) is 9.18 Å². The fraction of sp³-hybridized carbons (Fsp3) is 0.182. The minimum Gasteiger partial charge on any atom is -0.356 e. The molecule has 3 heterocycles. The second-order valence-electron chi connectivity index (χ2n) is 7.16. The molecule has 0 saturated carbocycles. The Bertz CT molecular complexity index is 1120. The Morgan fingerprint density at radius 3 is 2.71 bits per heavy atom. The molecule has 28 heavy (non-hydrogen) atoms. The Morgan fingerprint density at radius 1 is 1.21 bits per heavy atom. The van der Waals surface area contributed by atoms with Crippen LogP contribution in [0.2, 0.25) is 0 Å². The average Bonchev–Trinajstić information content (AvgIpc) is 3.19. The van der Waals surface area contributed by atoms with Crippen molar-refractivity contribution in [2.24, 2.45) is 0 Å². The van der Waals surface area contributed by atoms with Gasteiger partial charge in [-0.25, -0.2) is 4.39 Å². The quantitative estimate of drug-likeness (QED) is 0.543. The van der Waals surface area contributed by atoms with Crippen molar-refractivity contribution < 1.29 is 9.18 Å². The number of fused-ring (bicyclic) bond motifs is 4. The molecule has 2 atom stereocenters. The standard InChI is InChI=1S/C22H18FN3OS/c1-2-11-25-21(27)18-12-16-15-5-3-4-6-17(15)24-19(16)20(26(18)22(25)28)13-7-9-14(23)10-8-13/h2-10,18,20,24H,1,11-12H2/t18-,20+/m1/s1. The third-order valence-electron chi connectivity index (χ3n) is 5.63. The average molecular weight is 391 g/mol. The molecular weight excluding hydrogens is 373 g/mol. The van der Waals surface area contributed by atoms with Crippen LogP contribution in [0.15, 0.2) is 61.2 Å². The smallest absolute Gasteiger partial charge is 0.252 e. The molecule has 2 aliphatic heterocycles. The summed E-state index contributed by atoms with van der Waals surface area (Å²) in [5.74, 6) is -0.297. The van der Waals surface area contributed by atoms with Crippen LogP contribution in [0.4, 0.5) is 4.39 Å². The molecule has 1 amide bonds. The zero-order chi connectivity index (χ0) is 19.4. The summed E-state index contributed by atoms with van der Waals surface area (Å²) in [5.41, 5.74) is 4.07. The molecule has 0 bridgehead atoms. The first-order valence-electron chi connectivity index (χ1n) is 9.19. The number of halogens is 1. The number of benzene rings is 2. The van der Waals surface area contributed by atoms with Crippen molar-refractivity contribution in [1.29, 1.82) is 0 Å². The number of carbonyl (C=O) groups is 1. The largest absolute Gasteiger partial charge is 0.356 e. The van der Waals surface area contributed by atoms with E-state index >= 15 is 0 Å². The maximum Gasteiger partial charge on any atom is 0.252 e. The number of H-pyrrole nitrogens is 1. The number of hydrogen-bond acceptors (Lipinski definition) is 2. The maximum absolute atomic E-state index is 13.6. The van der Waals surface area contributed by atoms with Gasteiger partial charge in [0, 0.05) is 29.6 Å². The molecule has 0 spiro atoms. The van der Waals surface area contributed by atoms with Gasteiger partial charge in [0.25, 0.3) is 5.91 Å². The molecule has 0 radical (unpaired) electrons. The molecule has 1 aromatic heterocycles. The number of aromatic amines is 1. The fourth-order valence-electron chi connectivity index (χ4n) is 4.42. The lowest BCUT2D eigenvalue weighted by atomic mass is 9.89. The minimum atomic E-state index is -0.366. The Kier molecular flexibility index (Phi) is 3.84. The van der Waals surface area contributed by atoms with Crippen LogP contribution in [-0.2, 0) is 11.2 Å². The monoisotopic (exact) mass is 391 g/mol. The zero-order valence-corrected chi connectivity index (χ0v) is 15.9. The second kappa shape index (κ2) is 6.27. The van der Waals surface area contributed by atoms with E-state index in [2.05, 4.69) is 17.6 Å². The van der Waals surface area contributed by atoms with E-state index in [1.807, 2.05) is 23.1 Å². The van der Waals surface area contributed by atoms with Gasteiger partial charge >= 0.3 is 0 Å². The predicted molar refractivity (Wildman–Crippen MR) is 110 cm³/mol. The lowest BCUT2D eigenvalue weighted by Gasteiger charge is -2.37. The molecule has 1 fully saturated rings. The number of amides is 1. The van der Waals surface area contributed by atoms with Crippen LogP contribution < -0.4 is 0 Å². The van der Waals surface area contributed by atoms with Crippen molar-refractivity contribution in [3.05, 3.63) is 83.8 Å². The number of thiocarbonyl (C=S) groups is 1. The maximum atomic E-state index is 13.6. The second-order valence-corrected chi connectivity index (χ2v) is 7.53. The van der Waals surface area contributed by atoms with Crippen molar-refractivity contribution in [1.82, 2.24) is 14.8 Å². The van der Waals surface area contributed by atoms with Crippen molar-refractivity contribution in [2.75, 3.05) is 6.54 Å². The third kappa shape index (κ3) is 2.34. The Morgan fingerprint density at radius 2 is 1.96 bits per heavy atom. The fourth-order valence-corrected chi connectivity index (χ4v) is 4.82. The van der Waals surface area contributed by atoms with E-state index in [0.29, 0.717) is 18.1 Å². The normalized spacial score (nSPS) is 21.2. The summed E-state index contributed by atoms with van der Waals surface area (Å²) in [5, 5.41) is 1.61. The number of nitrogens with zero attached hydrogens (tertiary/aromatic N) is 2. The van der Waals surface area contributed by atoms with E-state index in [1.165, 1.54) is 12.1 Å². The van der Waals surface area contributed by atoms with Crippen LogP contribution >= 0.6 is 12.2 Å². The molecule has 3 aromatic rings. The summed E-state index contributed by atoms with van der Waals surface area (Å²) in [4.78, 5) is 20.2. The summed E-state index contributed by atoms with van der Waals surface area (Å²) in [7, 11) is 0. The first-order valence-corrected chi connectivity index (χ1v) is 9.60. The van der Waals surface area contributed by atoms with Gasteiger partial charge in [-0.05, 0) is 41.5 Å². The number of hydrogen-bond donors (Lipinski definition) is 1. The first-order chi connectivity index (χ1) is 13.6. The molecular formula is C22H18FN3OS. The van der Waals surface area contributed by atoms with Crippen LogP contribution in [0.25, 0.3) is 10.9 Å². The Hall–Kier alpha value is -2.99. The van der Waals surface area contributed by atoms with Crippen molar-refractivity contribution in [3.8, 4) is 0 Å². The predicted octanol–water partition coefficient (Wildman–Crippen LogP) is 3.94. The summed E-state index contributed by atoms with van der Waals surface area (Å²) in [6, 6.07) is 13.9. The van der Waals surface area contributed by atoms with Gasteiger partial charge in [0.1, 0.15) is 11.9 Å². The van der Waals surface area contributed by atoms with Gasteiger partial charge in [-0.2, -0.15) is 0 Å². The molecule has 0 aliphatic carbocycles. The Labute approximate surface area is 167 Å². The minimum absolute atomic E-state index is 0.00653. The van der Waals surface area contributed by atoms with Gasteiger partial charge in [-0.1, -0.05) is 36.4 Å². The molecule has 6 heteroatoms. The van der Waals surface area contributed by atoms with Crippen LogP contribution in [0.1, 0.15) is 22.9 Å². The highest BCUT2D eigenvalue weighted by Gasteiger charge is 2.50. The van der Waals surface area contributed by atoms with Gasteiger partial charge in [0.05, 0.1) is 6.04 Å². The SMILES string of the molecule is C=CCN1C(=O)[C@H]2Cc3c([nH]c4ccccc34)[C@H](c3ccc(F)cc3)N2C1=S. The molecule has 5 rings (SSSR count). The number of aromatic nitrogens is 1. The summed E-state index contributed by atoms with van der Waals surface area (Å²) in [6.45, 7) is 4.13. The van der Waals surface area contributed by atoms with Gasteiger partial charge in [-0.15, -0.1) is 6.58 Å². The molecule has 2 aliphatic rings. The van der Waals surface area contributed by atoms with Crippen LogP contribution in [0, 0.1) is 5.82 Å². The van der Waals surface area contributed by atoms with Crippen LogP contribution in [0.3, 0.4) is 0 Å². The van der Waals surface area contributed by atoms with Crippen molar-refractivity contribution in [2.45, 2.75) is 18.5 Å². The van der Waals surface area contributed by atoms with E-state index in [-0.39, 0.29) is 23.8 Å². The lowest BCUT2D eigenvalue weighted by Crippen LogP contribution is -2.44. The number of nitrogens with one attached hydrogen (secondary N) is 1. The highest BCUT2D eigenvalue weighted by Crippen LogP contribution is 2.43. The third-order valence-corrected chi connectivity index (χ3v) is 6.06. The zero-order valence-electron chi connectivity index (χ0n) is 15.1. The summed E-state index contributed by atoms with van der Waals surface area (Å²) < 4.78 is 13.6. The van der Waals surface area contributed by atoms with Crippen LogP contribution in [0.5, 0.6) is 0 Å². The Balaban J connectivity index is 1.73. The molecule has 0 unspecified atom stereocenters. The van der Waals surface area contributed by atoms with Crippen LogP contribution in [-0.4, -0.2) is 38.4 Å². The number of carbonyl (C=O) groups excluding carboxylic acids is 1. The first kappa shape index (κ1) is 17.1. The summed E-state index contributed by atoms with van der Waals surface area (Å²) >= 11 is 5.69. The number of para-hydroxylation sites is 1. The van der Waals surface area contributed by atoms with E-state index in [0.717, 1.165) is 27.7 Å². The molecule has 2 aromatic carbocycles. The topological polar surface area (TPSA) is 39.3 Å². The highest BCUT2D eigenvalue weighted by atomic mass is 32.1. The van der Waals surface area contributed by atoms with Gasteiger partial charge in [0.15, 0.2) is 5.11 Å². The van der Waals surface area contributed by atoms with E-state index in [1.54, 1.807) is 23.1 Å². The summed E-state index contributed by atoms with van der Waals surface area (Å²) in [6.07, 6.45) is 2.27. The molecule has 4 nitrogen and oxygen atoms in total. The van der Waals surface area contributed by atoms with Crippen molar-refractivity contribution >= 4 is 34.1 Å². The van der Waals surface area contributed by atoms with E-state index in [4.69, 9.17) is 12.2 Å². The van der Waals surface area contributed by atoms with Crippen molar-refractivity contribution in [3.63, 3.8) is 0 Å². The molecule has 1 N–H and O–H groups in total. The number of rotatable bonds is 3. The molecule has 1 saturated heterocycles. The molecule has 140 valence electrons. The van der Waals surface area contributed by atoms with Gasteiger partial charge < -0.3 is 9.88 Å². The van der Waals surface area contributed by atoms with Gasteiger partial charge in [0.2, 0.25) is 0 Å². The highest BCUT2D eigenvalue weighted by molar-refractivity contribution is 7.80. The van der Waals surface area contributed by atoms with E-state index < -0.39 is 0 Å². The lowest BCUT2D eigenvalue weighted by molar-refractivity contribution is -0.128. The van der Waals surface area contributed by atoms with Gasteiger partial charge in [-0.3, -0.25) is 9.69 Å².